The van der Waals surface area contributed by atoms with Crippen molar-refractivity contribution in [2.24, 2.45) is 5.41 Å². The zero-order valence-corrected chi connectivity index (χ0v) is 12.3. The average molecular weight is 288 g/mol. The first-order valence-corrected chi connectivity index (χ1v) is 7.75. The lowest BCUT2D eigenvalue weighted by Gasteiger charge is -2.46. The van der Waals surface area contributed by atoms with E-state index in [0.717, 1.165) is 48.1 Å². The normalized spacial score (nSPS) is 22.3. The van der Waals surface area contributed by atoms with Crippen molar-refractivity contribution in [2.45, 2.75) is 31.7 Å². The molecule has 1 unspecified atom stereocenters. The Labute approximate surface area is 129 Å². The second-order valence-corrected chi connectivity index (χ2v) is 6.24. The summed E-state index contributed by atoms with van der Waals surface area (Å²) in [4.78, 5) is 7.05. The molecule has 108 valence electrons. The van der Waals surface area contributed by atoms with Crippen LogP contribution in [0.3, 0.4) is 0 Å². The SMILES string of the molecule is N#CC1(C#N)Cc2cc3ccccc3nc2N2CCCCC21. The number of nitriles is 2. The van der Waals surface area contributed by atoms with Crippen molar-refractivity contribution in [3.63, 3.8) is 0 Å². The van der Waals surface area contributed by atoms with E-state index in [2.05, 4.69) is 23.1 Å². The molecule has 0 saturated carbocycles. The van der Waals surface area contributed by atoms with Gasteiger partial charge in [-0.25, -0.2) is 4.98 Å². The van der Waals surface area contributed by atoms with Crippen molar-refractivity contribution in [2.75, 3.05) is 11.4 Å². The highest BCUT2D eigenvalue weighted by molar-refractivity contribution is 5.82. The minimum Gasteiger partial charge on any atom is -0.351 e. The maximum Gasteiger partial charge on any atom is 0.168 e. The molecule has 0 spiro atoms. The number of benzene rings is 1. The van der Waals surface area contributed by atoms with E-state index in [9.17, 15) is 10.5 Å². The third-order valence-corrected chi connectivity index (χ3v) is 4.99. The Balaban J connectivity index is 1.95. The lowest BCUT2D eigenvalue weighted by atomic mass is 9.71. The van der Waals surface area contributed by atoms with Crippen LogP contribution < -0.4 is 4.90 Å². The van der Waals surface area contributed by atoms with Gasteiger partial charge in [0.2, 0.25) is 0 Å². The molecule has 22 heavy (non-hydrogen) atoms. The third kappa shape index (κ3) is 1.71. The predicted octanol–water partition coefficient (Wildman–Crippen LogP) is 3.18. The molecule has 2 aromatic rings. The number of anilines is 1. The quantitative estimate of drug-likeness (QED) is 0.747. The number of para-hydroxylation sites is 1. The zero-order chi connectivity index (χ0) is 15.2. The Hall–Kier alpha value is -2.59. The summed E-state index contributed by atoms with van der Waals surface area (Å²) in [6.07, 6.45) is 3.55. The minimum absolute atomic E-state index is 0.0302. The Morgan fingerprint density at radius 1 is 1.18 bits per heavy atom. The lowest BCUT2D eigenvalue weighted by Crippen LogP contribution is -2.54. The molecule has 4 heteroatoms. The summed E-state index contributed by atoms with van der Waals surface area (Å²) in [7, 11) is 0. The number of nitrogens with zero attached hydrogens (tertiary/aromatic N) is 4. The van der Waals surface area contributed by atoms with E-state index in [1.54, 1.807) is 0 Å². The van der Waals surface area contributed by atoms with Crippen molar-refractivity contribution in [1.82, 2.24) is 4.98 Å². The fraction of sp³-hybridized carbons (Fsp3) is 0.389. The standard InChI is InChI=1S/C18H16N4/c19-11-18(12-20)10-14-9-13-5-1-2-6-15(13)21-17(14)22-8-4-3-7-16(18)22/h1-2,5-6,9,16H,3-4,7-8,10H2. The first-order chi connectivity index (χ1) is 10.8. The van der Waals surface area contributed by atoms with Crippen molar-refractivity contribution >= 4 is 16.7 Å². The number of fused-ring (bicyclic) bond motifs is 4. The van der Waals surface area contributed by atoms with Crippen LogP contribution in [0, 0.1) is 28.1 Å². The van der Waals surface area contributed by atoms with Gasteiger partial charge in [-0.2, -0.15) is 10.5 Å². The molecule has 0 bridgehead atoms. The highest BCUT2D eigenvalue weighted by Gasteiger charge is 2.49. The molecule has 4 rings (SSSR count). The molecule has 1 atom stereocenters. The summed E-state index contributed by atoms with van der Waals surface area (Å²) in [5.74, 6) is 0.976. The van der Waals surface area contributed by atoms with E-state index in [1.807, 2.05) is 24.3 Å². The van der Waals surface area contributed by atoms with E-state index < -0.39 is 5.41 Å². The zero-order valence-electron chi connectivity index (χ0n) is 12.3. The molecule has 0 aliphatic carbocycles. The van der Waals surface area contributed by atoms with Gasteiger partial charge in [-0.15, -0.1) is 0 Å². The fourth-order valence-electron chi connectivity index (χ4n) is 3.90. The highest BCUT2D eigenvalue weighted by atomic mass is 15.2. The maximum absolute atomic E-state index is 9.70. The molecular weight excluding hydrogens is 272 g/mol. The summed E-state index contributed by atoms with van der Waals surface area (Å²) >= 11 is 0. The van der Waals surface area contributed by atoms with Crippen LogP contribution in [-0.2, 0) is 6.42 Å². The Morgan fingerprint density at radius 2 is 2.00 bits per heavy atom. The second kappa shape index (κ2) is 4.71. The molecule has 1 aromatic carbocycles. The second-order valence-electron chi connectivity index (χ2n) is 6.24. The first kappa shape index (κ1) is 13.1. The topological polar surface area (TPSA) is 63.7 Å². The van der Waals surface area contributed by atoms with Gasteiger partial charge in [0.05, 0.1) is 23.7 Å². The Bertz CT molecular complexity index is 813. The highest BCUT2D eigenvalue weighted by Crippen LogP contribution is 2.44. The Morgan fingerprint density at radius 3 is 2.82 bits per heavy atom. The van der Waals surface area contributed by atoms with Gasteiger partial charge in [-0.1, -0.05) is 18.2 Å². The number of pyridine rings is 1. The van der Waals surface area contributed by atoms with Crippen LogP contribution in [0.2, 0.25) is 0 Å². The van der Waals surface area contributed by atoms with Crippen LogP contribution in [0.25, 0.3) is 10.9 Å². The maximum atomic E-state index is 9.70. The van der Waals surface area contributed by atoms with Gasteiger partial charge in [0.1, 0.15) is 5.82 Å². The number of hydrogen-bond acceptors (Lipinski definition) is 4. The van der Waals surface area contributed by atoms with Gasteiger partial charge < -0.3 is 4.90 Å². The van der Waals surface area contributed by atoms with Gasteiger partial charge in [-0.3, -0.25) is 0 Å². The van der Waals surface area contributed by atoms with E-state index >= 15 is 0 Å². The van der Waals surface area contributed by atoms with Crippen LogP contribution in [-0.4, -0.2) is 17.6 Å². The van der Waals surface area contributed by atoms with E-state index in [4.69, 9.17) is 4.98 Å². The summed E-state index contributed by atoms with van der Waals surface area (Å²) < 4.78 is 0. The monoisotopic (exact) mass is 288 g/mol. The van der Waals surface area contributed by atoms with Crippen molar-refractivity contribution in [3.8, 4) is 12.1 Å². The molecule has 2 aliphatic heterocycles. The smallest absolute Gasteiger partial charge is 0.168 e. The van der Waals surface area contributed by atoms with Crippen LogP contribution in [0.4, 0.5) is 5.82 Å². The van der Waals surface area contributed by atoms with Gasteiger partial charge in [0.15, 0.2) is 5.41 Å². The largest absolute Gasteiger partial charge is 0.351 e. The Kier molecular flexibility index (Phi) is 2.81. The molecule has 3 heterocycles. The molecule has 2 aliphatic rings. The predicted molar refractivity (Wildman–Crippen MR) is 84.1 cm³/mol. The molecule has 4 nitrogen and oxygen atoms in total. The average Bonchev–Trinajstić information content (AvgIpc) is 2.59. The molecule has 1 fully saturated rings. The summed E-state index contributed by atoms with van der Waals surface area (Å²) in [5.41, 5.74) is 1.06. The van der Waals surface area contributed by atoms with Gasteiger partial charge in [-0.05, 0) is 37.0 Å². The van der Waals surface area contributed by atoms with Crippen LogP contribution in [0.1, 0.15) is 24.8 Å². The van der Waals surface area contributed by atoms with Crippen molar-refractivity contribution in [1.29, 1.82) is 10.5 Å². The summed E-state index contributed by atoms with van der Waals surface area (Å²) in [6.45, 7) is 0.883. The summed E-state index contributed by atoms with van der Waals surface area (Å²) in [6, 6.07) is 14.8. The van der Waals surface area contributed by atoms with E-state index in [0.29, 0.717) is 6.42 Å². The van der Waals surface area contributed by atoms with Crippen molar-refractivity contribution < 1.29 is 0 Å². The molecule has 0 radical (unpaired) electrons. The third-order valence-electron chi connectivity index (χ3n) is 4.99. The molecular formula is C18H16N4. The van der Waals surface area contributed by atoms with Crippen LogP contribution in [0.15, 0.2) is 30.3 Å². The molecule has 1 saturated heterocycles. The van der Waals surface area contributed by atoms with E-state index in [1.165, 1.54) is 0 Å². The van der Waals surface area contributed by atoms with Gasteiger partial charge in [0, 0.05) is 18.4 Å². The lowest BCUT2D eigenvalue weighted by molar-refractivity contribution is 0.305. The van der Waals surface area contributed by atoms with Crippen LogP contribution in [0.5, 0.6) is 0 Å². The van der Waals surface area contributed by atoms with E-state index in [-0.39, 0.29) is 6.04 Å². The van der Waals surface area contributed by atoms with Gasteiger partial charge in [0.25, 0.3) is 0 Å². The fourth-order valence-corrected chi connectivity index (χ4v) is 3.90. The first-order valence-electron chi connectivity index (χ1n) is 7.75. The number of aromatic nitrogens is 1. The number of piperidine rings is 1. The minimum atomic E-state index is -0.947. The molecule has 0 amide bonds. The molecule has 1 aromatic heterocycles. The van der Waals surface area contributed by atoms with Crippen LogP contribution >= 0.6 is 0 Å². The number of hydrogen-bond donors (Lipinski definition) is 0. The number of rotatable bonds is 0. The molecule has 0 N–H and O–H groups in total. The van der Waals surface area contributed by atoms with Crippen molar-refractivity contribution in [3.05, 3.63) is 35.9 Å². The van der Waals surface area contributed by atoms with Gasteiger partial charge >= 0.3 is 0 Å². The summed E-state index contributed by atoms with van der Waals surface area (Å²) in [5, 5.41) is 20.5.